The Morgan fingerprint density at radius 3 is 2.43 bits per heavy atom. The highest BCUT2D eigenvalue weighted by atomic mass is 16.5. The maximum atomic E-state index is 12.4. The van der Waals surface area contributed by atoms with Gasteiger partial charge in [-0.2, -0.15) is 0 Å². The summed E-state index contributed by atoms with van der Waals surface area (Å²) in [6.45, 7) is 6.63. The van der Waals surface area contributed by atoms with Crippen LogP contribution < -0.4 is 14.8 Å². The molecule has 0 saturated heterocycles. The second-order valence-corrected chi connectivity index (χ2v) is 5.49. The lowest BCUT2D eigenvalue weighted by atomic mass is 10.2. The molecule has 1 amide bonds. The minimum atomic E-state index is -0.174. The number of benzene rings is 2. The molecule has 0 aliphatic rings. The van der Waals surface area contributed by atoms with Crippen LogP contribution in [0, 0.1) is 0 Å². The number of carbonyl (C=O) groups is 1. The van der Waals surface area contributed by atoms with E-state index in [1.807, 2.05) is 38.1 Å². The van der Waals surface area contributed by atoms with E-state index in [-0.39, 0.29) is 12.0 Å². The Morgan fingerprint density at radius 1 is 1.09 bits per heavy atom. The monoisotopic (exact) mass is 313 g/mol. The first-order valence-corrected chi connectivity index (χ1v) is 7.90. The van der Waals surface area contributed by atoms with Gasteiger partial charge in [-0.25, -0.2) is 0 Å². The summed E-state index contributed by atoms with van der Waals surface area (Å²) < 4.78 is 11.2. The Balaban J connectivity index is 2.07. The van der Waals surface area contributed by atoms with Gasteiger partial charge < -0.3 is 14.8 Å². The van der Waals surface area contributed by atoms with Gasteiger partial charge in [0.25, 0.3) is 5.91 Å². The van der Waals surface area contributed by atoms with Crippen LogP contribution in [0.5, 0.6) is 11.5 Å². The SMILES string of the molecule is CCCOc1ccc(C(=O)Nc2ccccc2OC(C)C)cc1. The second-order valence-electron chi connectivity index (χ2n) is 5.49. The summed E-state index contributed by atoms with van der Waals surface area (Å²) in [5, 5.41) is 2.89. The van der Waals surface area contributed by atoms with Crippen LogP contribution in [0.3, 0.4) is 0 Å². The number of anilines is 1. The van der Waals surface area contributed by atoms with E-state index in [0.29, 0.717) is 23.6 Å². The van der Waals surface area contributed by atoms with E-state index in [2.05, 4.69) is 12.2 Å². The number of rotatable bonds is 7. The zero-order chi connectivity index (χ0) is 16.7. The van der Waals surface area contributed by atoms with Crippen LogP contribution in [-0.4, -0.2) is 18.6 Å². The maximum absolute atomic E-state index is 12.4. The molecule has 1 N–H and O–H groups in total. The first kappa shape index (κ1) is 16.9. The van der Waals surface area contributed by atoms with E-state index in [4.69, 9.17) is 9.47 Å². The predicted molar refractivity (Wildman–Crippen MR) is 92.4 cm³/mol. The number of hydrogen-bond acceptors (Lipinski definition) is 3. The molecule has 0 bridgehead atoms. The first-order valence-electron chi connectivity index (χ1n) is 7.90. The van der Waals surface area contributed by atoms with Gasteiger partial charge >= 0.3 is 0 Å². The average Bonchev–Trinajstić information content (AvgIpc) is 2.54. The maximum Gasteiger partial charge on any atom is 0.255 e. The molecule has 4 heteroatoms. The van der Waals surface area contributed by atoms with Crippen molar-refractivity contribution in [3.63, 3.8) is 0 Å². The van der Waals surface area contributed by atoms with Crippen molar-refractivity contribution >= 4 is 11.6 Å². The van der Waals surface area contributed by atoms with Gasteiger partial charge in [0.15, 0.2) is 0 Å². The lowest BCUT2D eigenvalue weighted by Gasteiger charge is -2.15. The third kappa shape index (κ3) is 5.02. The van der Waals surface area contributed by atoms with Crippen molar-refractivity contribution in [1.29, 1.82) is 0 Å². The topological polar surface area (TPSA) is 47.6 Å². The van der Waals surface area contributed by atoms with Crippen LogP contribution in [0.1, 0.15) is 37.6 Å². The van der Waals surface area contributed by atoms with E-state index in [9.17, 15) is 4.79 Å². The molecule has 2 aromatic carbocycles. The normalized spacial score (nSPS) is 10.4. The second kappa shape index (κ2) is 8.22. The summed E-state index contributed by atoms with van der Waals surface area (Å²) >= 11 is 0. The van der Waals surface area contributed by atoms with Crippen molar-refractivity contribution in [3.05, 3.63) is 54.1 Å². The van der Waals surface area contributed by atoms with Gasteiger partial charge in [0.1, 0.15) is 11.5 Å². The number of carbonyl (C=O) groups excluding carboxylic acids is 1. The third-order valence-electron chi connectivity index (χ3n) is 3.09. The summed E-state index contributed by atoms with van der Waals surface area (Å²) in [7, 11) is 0. The standard InChI is InChI=1S/C19H23NO3/c1-4-13-22-16-11-9-15(10-12-16)19(21)20-17-7-5-6-8-18(17)23-14(2)3/h5-12,14H,4,13H2,1-3H3,(H,20,21). The first-order chi connectivity index (χ1) is 11.1. The molecule has 0 atom stereocenters. The van der Waals surface area contributed by atoms with Gasteiger partial charge in [0.2, 0.25) is 0 Å². The van der Waals surface area contributed by atoms with E-state index < -0.39 is 0 Å². The van der Waals surface area contributed by atoms with Crippen LogP contribution in [0.25, 0.3) is 0 Å². The van der Waals surface area contributed by atoms with Crippen LogP contribution in [0.15, 0.2) is 48.5 Å². The van der Waals surface area contributed by atoms with Crippen molar-refractivity contribution in [2.75, 3.05) is 11.9 Å². The fourth-order valence-electron chi connectivity index (χ4n) is 2.04. The molecule has 0 aliphatic carbocycles. The molecule has 0 spiro atoms. The fraction of sp³-hybridized carbons (Fsp3) is 0.316. The molecule has 2 rings (SSSR count). The van der Waals surface area contributed by atoms with E-state index in [1.54, 1.807) is 24.3 Å². The van der Waals surface area contributed by atoms with Crippen LogP contribution in [-0.2, 0) is 0 Å². The Kier molecular flexibility index (Phi) is 6.03. The summed E-state index contributed by atoms with van der Waals surface area (Å²) in [5.41, 5.74) is 1.24. The minimum Gasteiger partial charge on any atom is -0.494 e. The van der Waals surface area contributed by atoms with Crippen molar-refractivity contribution in [1.82, 2.24) is 0 Å². The number of hydrogen-bond donors (Lipinski definition) is 1. The molecule has 2 aromatic rings. The highest BCUT2D eigenvalue weighted by Crippen LogP contribution is 2.25. The van der Waals surface area contributed by atoms with Gasteiger partial charge in [-0.15, -0.1) is 0 Å². The van der Waals surface area contributed by atoms with Crippen molar-refractivity contribution in [2.24, 2.45) is 0 Å². The summed E-state index contributed by atoms with van der Waals surface area (Å²) in [5.74, 6) is 1.26. The van der Waals surface area contributed by atoms with E-state index in [0.717, 1.165) is 12.2 Å². The highest BCUT2D eigenvalue weighted by molar-refractivity contribution is 6.05. The minimum absolute atomic E-state index is 0.0445. The molecule has 4 nitrogen and oxygen atoms in total. The molecular weight excluding hydrogens is 290 g/mol. The van der Waals surface area contributed by atoms with Crippen molar-refractivity contribution in [3.8, 4) is 11.5 Å². The van der Waals surface area contributed by atoms with Gasteiger partial charge in [0, 0.05) is 5.56 Å². The molecule has 0 aromatic heterocycles. The molecule has 0 heterocycles. The van der Waals surface area contributed by atoms with Gasteiger partial charge in [-0.1, -0.05) is 19.1 Å². The number of para-hydroxylation sites is 2. The van der Waals surface area contributed by atoms with Crippen LogP contribution in [0.2, 0.25) is 0 Å². The predicted octanol–water partition coefficient (Wildman–Crippen LogP) is 4.51. The largest absolute Gasteiger partial charge is 0.494 e. The lowest BCUT2D eigenvalue weighted by molar-refractivity contribution is 0.102. The lowest BCUT2D eigenvalue weighted by Crippen LogP contribution is -2.14. The zero-order valence-electron chi connectivity index (χ0n) is 13.8. The molecule has 0 aliphatic heterocycles. The summed E-state index contributed by atoms with van der Waals surface area (Å²) in [6, 6.07) is 14.5. The molecule has 122 valence electrons. The molecule has 23 heavy (non-hydrogen) atoms. The van der Waals surface area contributed by atoms with E-state index in [1.165, 1.54) is 0 Å². The fourth-order valence-corrected chi connectivity index (χ4v) is 2.04. The molecule has 0 fully saturated rings. The van der Waals surface area contributed by atoms with Gasteiger partial charge in [-0.05, 0) is 56.7 Å². The Labute approximate surface area is 137 Å². The quantitative estimate of drug-likeness (QED) is 0.818. The molecule has 0 radical (unpaired) electrons. The average molecular weight is 313 g/mol. The number of amides is 1. The van der Waals surface area contributed by atoms with Gasteiger partial charge in [0.05, 0.1) is 18.4 Å². The third-order valence-corrected chi connectivity index (χ3v) is 3.09. The number of nitrogens with one attached hydrogen (secondary N) is 1. The Bertz CT molecular complexity index is 635. The van der Waals surface area contributed by atoms with Crippen molar-refractivity contribution < 1.29 is 14.3 Å². The van der Waals surface area contributed by atoms with Crippen LogP contribution in [0.4, 0.5) is 5.69 Å². The molecule has 0 saturated carbocycles. The smallest absolute Gasteiger partial charge is 0.255 e. The molecule has 0 unspecified atom stereocenters. The summed E-state index contributed by atoms with van der Waals surface area (Å²) in [4.78, 5) is 12.4. The van der Waals surface area contributed by atoms with Gasteiger partial charge in [-0.3, -0.25) is 4.79 Å². The highest BCUT2D eigenvalue weighted by Gasteiger charge is 2.10. The van der Waals surface area contributed by atoms with E-state index >= 15 is 0 Å². The number of ether oxygens (including phenoxy) is 2. The Morgan fingerprint density at radius 2 is 1.78 bits per heavy atom. The Hall–Kier alpha value is -2.49. The van der Waals surface area contributed by atoms with Crippen molar-refractivity contribution in [2.45, 2.75) is 33.3 Å². The summed E-state index contributed by atoms with van der Waals surface area (Å²) in [6.07, 6.45) is 0.998. The zero-order valence-corrected chi connectivity index (χ0v) is 13.8. The molecular formula is C19H23NO3. The van der Waals surface area contributed by atoms with Crippen LogP contribution >= 0.6 is 0 Å².